The van der Waals surface area contributed by atoms with Crippen LogP contribution in [0, 0.1) is 23.7 Å². The first-order valence-electron chi connectivity index (χ1n) is 15.6. The van der Waals surface area contributed by atoms with Gasteiger partial charge in [-0.1, -0.05) is 126 Å². The summed E-state index contributed by atoms with van der Waals surface area (Å²) in [6, 6.07) is 17.8. The quantitative estimate of drug-likeness (QED) is 0.123. The van der Waals surface area contributed by atoms with E-state index in [1.165, 1.54) is 114 Å². The molecule has 0 radical (unpaired) electrons. The summed E-state index contributed by atoms with van der Waals surface area (Å²) in [7, 11) is 0. The van der Waals surface area contributed by atoms with E-state index in [1.807, 2.05) is 6.08 Å². The molecule has 2 aromatic carbocycles. The van der Waals surface area contributed by atoms with E-state index in [2.05, 4.69) is 73.9 Å². The van der Waals surface area contributed by atoms with Crippen LogP contribution in [0.2, 0.25) is 0 Å². The second kappa shape index (κ2) is 18.1. The Bertz CT molecular complexity index is 913. The molecule has 200 valence electrons. The zero-order valence-electron chi connectivity index (χ0n) is 23.8. The fraction of sp³-hybridized carbons (Fsp3) is 0.568. The molecule has 0 nitrogen and oxygen atoms in total. The topological polar surface area (TPSA) is 0 Å². The number of hydrogen-bond acceptors (Lipinski definition) is 0. The molecule has 0 aliphatic heterocycles. The Hall–Kier alpha value is -2.26. The number of allylic oxidation sites excluding steroid dienone is 1. The van der Waals surface area contributed by atoms with Crippen molar-refractivity contribution in [3.8, 4) is 11.8 Å². The van der Waals surface area contributed by atoms with Crippen LogP contribution < -0.4 is 0 Å². The van der Waals surface area contributed by atoms with Crippen molar-refractivity contribution in [2.45, 2.75) is 122 Å². The SMILES string of the molecule is C=CCCCCCc1ccc(C#Cc2ccc(CCC3CCC(CCCCCCCC)CC3)cc2)cc1. The van der Waals surface area contributed by atoms with Crippen LogP contribution in [0.4, 0.5) is 0 Å². The van der Waals surface area contributed by atoms with E-state index in [0.717, 1.165) is 35.8 Å². The average Bonchev–Trinajstić information content (AvgIpc) is 2.94. The van der Waals surface area contributed by atoms with Crippen LogP contribution in [0.15, 0.2) is 61.2 Å². The fourth-order valence-corrected chi connectivity index (χ4v) is 5.84. The molecule has 2 aromatic rings. The van der Waals surface area contributed by atoms with Crippen LogP contribution in [-0.2, 0) is 12.8 Å². The zero-order chi connectivity index (χ0) is 26.0. The molecule has 0 saturated heterocycles. The molecular formula is C37H52. The first-order chi connectivity index (χ1) is 18.3. The number of benzene rings is 2. The lowest BCUT2D eigenvalue weighted by Gasteiger charge is -2.28. The molecule has 1 saturated carbocycles. The molecule has 0 amide bonds. The van der Waals surface area contributed by atoms with Gasteiger partial charge in [0.25, 0.3) is 0 Å². The zero-order valence-corrected chi connectivity index (χ0v) is 23.8. The second-order valence-electron chi connectivity index (χ2n) is 11.5. The molecule has 0 atom stereocenters. The van der Waals surface area contributed by atoms with Crippen molar-refractivity contribution in [2.75, 3.05) is 0 Å². The molecule has 0 heteroatoms. The first kappa shape index (κ1) is 29.3. The summed E-state index contributed by atoms with van der Waals surface area (Å²) in [6.45, 7) is 6.10. The summed E-state index contributed by atoms with van der Waals surface area (Å²) in [4.78, 5) is 0. The van der Waals surface area contributed by atoms with Gasteiger partial charge in [0.15, 0.2) is 0 Å². The highest BCUT2D eigenvalue weighted by Gasteiger charge is 2.20. The van der Waals surface area contributed by atoms with Gasteiger partial charge in [0.2, 0.25) is 0 Å². The molecule has 0 heterocycles. The molecule has 37 heavy (non-hydrogen) atoms. The van der Waals surface area contributed by atoms with Crippen LogP contribution in [-0.4, -0.2) is 0 Å². The maximum Gasteiger partial charge on any atom is 0.0249 e. The summed E-state index contributed by atoms with van der Waals surface area (Å²) >= 11 is 0. The minimum absolute atomic E-state index is 0.940. The summed E-state index contributed by atoms with van der Waals surface area (Å²) in [5.41, 5.74) is 5.11. The first-order valence-corrected chi connectivity index (χ1v) is 15.6. The maximum absolute atomic E-state index is 3.80. The third-order valence-electron chi connectivity index (χ3n) is 8.41. The lowest BCUT2D eigenvalue weighted by molar-refractivity contribution is 0.248. The summed E-state index contributed by atoms with van der Waals surface area (Å²) in [5.74, 6) is 8.66. The standard InChI is InChI=1S/C37H52/c1-3-5-7-9-11-13-15-33-18-22-35(23-19-33)25-27-37-30-28-36(29-31-37)26-24-34-20-16-32(17-21-34)14-12-10-8-6-4-2/h4,16-17,20-21,28-31,33,35H,2-3,5-15,18-19,22-23,25,27H2,1H3. The van der Waals surface area contributed by atoms with E-state index in [4.69, 9.17) is 0 Å². The Morgan fingerprint density at radius 2 is 1.14 bits per heavy atom. The minimum Gasteiger partial charge on any atom is -0.103 e. The van der Waals surface area contributed by atoms with Gasteiger partial charge >= 0.3 is 0 Å². The Morgan fingerprint density at radius 1 is 0.622 bits per heavy atom. The van der Waals surface area contributed by atoms with E-state index in [-0.39, 0.29) is 0 Å². The van der Waals surface area contributed by atoms with Crippen molar-refractivity contribution in [3.63, 3.8) is 0 Å². The van der Waals surface area contributed by atoms with Crippen molar-refractivity contribution in [3.05, 3.63) is 83.4 Å². The highest BCUT2D eigenvalue weighted by atomic mass is 14.3. The van der Waals surface area contributed by atoms with Gasteiger partial charge in [-0.2, -0.15) is 0 Å². The van der Waals surface area contributed by atoms with Crippen LogP contribution >= 0.6 is 0 Å². The van der Waals surface area contributed by atoms with Gasteiger partial charge in [-0.3, -0.25) is 0 Å². The van der Waals surface area contributed by atoms with E-state index < -0.39 is 0 Å². The van der Waals surface area contributed by atoms with Gasteiger partial charge in [0.05, 0.1) is 0 Å². The van der Waals surface area contributed by atoms with Crippen molar-refractivity contribution >= 4 is 0 Å². The Labute approximate surface area is 229 Å². The lowest BCUT2D eigenvalue weighted by atomic mass is 9.77. The molecule has 1 aliphatic carbocycles. The molecule has 1 aliphatic rings. The van der Waals surface area contributed by atoms with Gasteiger partial charge in [0, 0.05) is 11.1 Å². The fourth-order valence-electron chi connectivity index (χ4n) is 5.84. The molecule has 0 N–H and O–H groups in total. The normalized spacial score (nSPS) is 17.2. The maximum atomic E-state index is 3.80. The molecule has 1 fully saturated rings. The lowest BCUT2D eigenvalue weighted by Crippen LogP contribution is -2.15. The summed E-state index contributed by atoms with van der Waals surface area (Å²) in [6.07, 6.45) is 26.6. The van der Waals surface area contributed by atoms with E-state index in [1.54, 1.807) is 0 Å². The molecule has 0 unspecified atom stereocenters. The van der Waals surface area contributed by atoms with Crippen LogP contribution in [0.1, 0.15) is 132 Å². The van der Waals surface area contributed by atoms with Crippen molar-refractivity contribution in [2.24, 2.45) is 11.8 Å². The highest BCUT2D eigenvalue weighted by molar-refractivity contribution is 5.44. The smallest absolute Gasteiger partial charge is 0.0249 e. The molecule has 0 bridgehead atoms. The van der Waals surface area contributed by atoms with Crippen molar-refractivity contribution in [1.82, 2.24) is 0 Å². The Morgan fingerprint density at radius 3 is 1.73 bits per heavy atom. The van der Waals surface area contributed by atoms with Gasteiger partial charge in [-0.25, -0.2) is 0 Å². The average molecular weight is 497 g/mol. The van der Waals surface area contributed by atoms with Crippen molar-refractivity contribution < 1.29 is 0 Å². The van der Waals surface area contributed by atoms with Crippen LogP contribution in [0.5, 0.6) is 0 Å². The number of hydrogen-bond donors (Lipinski definition) is 0. The molecule has 0 spiro atoms. The Kier molecular flexibility index (Phi) is 14.3. The third-order valence-corrected chi connectivity index (χ3v) is 8.41. The highest BCUT2D eigenvalue weighted by Crippen LogP contribution is 2.34. The number of aryl methyl sites for hydroxylation is 2. The van der Waals surface area contributed by atoms with Crippen molar-refractivity contribution in [1.29, 1.82) is 0 Å². The van der Waals surface area contributed by atoms with Crippen LogP contribution in [0.3, 0.4) is 0 Å². The number of rotatable bonds is 16. The van der Waals surface area contributed by atoms with Crippen LogP contribution in [0.25, 0.3) is 0 Å². The monoisotopic (exact) mass is 496 g/mol. The van der Waals surface area contributed by atoms with Gasteiger partial charge in [0.1, 0.15) is 0 Å². The summed E-state index contributed by atoms with van der Waals surface area (Å²) in [5, 5.41) is 0. The summed E-state index contributed by atoms with van der Waals surface area (Å²) < 4.78 is 0. The van der Waals surface area contributed by atoms with Gasteiger partial charge in [-0.15, -0.1) is 6.58 Å². The molecule has 0 aromatic heterocycles. The van der Waals surface area contributed by atoms with E-state index >= 15 is 0 Å². The molecular weight excluding hydrogens is 444 g/mol. The largest absolute Gasteiger partial charge is 0.103 e. The Balaban J connectivity index is 1.31. The van der Waals surface area contributed by atoms with Gasteiger partial charge < -0.3 is 0 Å². The van der Waals surface area contributed by atoms with E-state index in [9.17, 15) is 0 Å². The molecule has 3 rings (SSSR count). The second-order valence-corrected chi connectivity index (χ2v) is 11.5. The van der Waals surface area contributed by atoms with Gasteiger partial charge in [-0.05, 0) is 85.8 Å². The predicted molar refractivity (Wildman–Crippen MR) is 163 cm³/mol. The predicted octanol–water partition coefficient (Wildman–Crippen LogP) is 10.9. The third kappa shape index (κ3) is 12.2. The minimum atomic E-state index is 0.940. The van der Waals surface area contributed by atoms with E-state index in [0.29, 0.717) is 0 Å². The number of unbranched alkanes of at least 4 members (excludes halogenated alkanes) is 8.